The van der Waals surface area contributed by atoms with Gasteiger partial charge in [0.25, 0.3) is 0 Å². The van der Waals surface area contributed by atoms with Crippen molar-refractivity contribution in [2.45, 2.75) is 51.7 Å². The second-order valence-corrected chi connectivity index (χ2v) is 3.62. The molecule has 0 aromatic carbocycles. The maximum Gasteiger partial charge on any atom is 0.306 e. The molecule has 2 N–H and O–H groups in total. The zero-order valence-corrected chi connectivity index (χ0v) is 9.81. The Morgan fingerprint density at radius 2 is 1.75 bits per heavy atom. The van der Waals surface area contributed by atoms with E-state index in [0.717, 1.165) is 0 Å². The van der Waals surface area contributed by atoms with Crippen LogP contribution in [0.15, 0.2) is 0 Å². The van der Waals surface area contributed by atoms with Gasteiger partial charge in [-0.1, -0.05) is 13.8 Å². The molecule has 5 nitrogen and oxygen atoms in total. The second-order valence-electron chi connectivity index (χ2n) is 3.62. The van der Waals surface area contributed by atoms with Gasteiger partial charge in [0, 0.05) is 12.8 Å². The summed E-state index contributed by atoms with van der Waals surface area (Å²) >= 11 is 0. The van der Waals surface area contributed by atoms with Crippen LogP contribution < -0.4 is 0 Å². The molecule has 0 aliphatic rings. The van der Waals surface area contributed by atoms with Gasteiger partial charge < -0.3 is 14.9 Å². The first-order chi connectivity index (χ1) is 7.56. The molecule has 0 aliphatic carbocycles. The van der Waals surface area contributed by atoms with E-state index in [4.69, 9.17) is 9.84 Å². The van der Waals surface area contributed by atoms with Crippen LogP contribution in [0.2, 0.25) is 0 Å². The van der Waals surface area contributed by atoms with Crippen molar-refractivity contribution in [1.82, 2.24) is 0 Å². The number of aliphatic hydroxyl groups is 2. The molecule has 0 unspecified atom stereocenters. The molecular weight excluding hydrogens is 212 g/mol. The average molecular weight is 232 g/mol. The number of hydrogen-bond donors (Lipinski definition) is 2. The molecule has 0 fully saturated rings. The lowest BCUT2D eigenvalue weighted by Crippen LogP contribution is -2.39. The summed E-state index contributed by atoms with van der Waals surface area (Å²) in [6.07, 6.45) is -0.912. The highest BCUT2D eigenvalue weighted by atomic mass is 16.6. The van der Waals surface area contributed by atoms with Gasteiger partial charge in [-0.15, -0.1) is 0 Å². The van der Waals surface area contributed by atoms with Crippen molar-refractivity contribution in [3.8, 4) is 0 Å². The van der Waals surface area contributed by atoms with Crippen LogP contribution in [0, 0.1) is 0 Å². The number of carbonyl (C=O) groups is 2. The Balaban J connectivity index is 4.25. The lowest BCUT2D eigenvalue weighted by molar-refractivity contribution is -0.161. The Morgan fingerprint density at radius 1 is 1.19 bits per heavy atom. The van der Waals surface area contributed by atoms with Crippen LogP contribution >= 0.6 is 0 Å². The molecule has 16 heavy (non-hydrogen) atoms. The van der Waals surface area contributed by atoms with Gasteiger partial charge in [-0.2, -0.15) is 0 Å². The van der Waals surface area contributed by atoms with Gasteiger partial charge in [-0.3, -0.25) is 9.59 Å². The van der Waals surface area contributed by atoms with Gasteiger partial charge in [0.2, 0.25) is 0 Å². The summed E-state index contributed by atoms with van der Waals surface area (Å²) in [5.74, 6) is -0.921. The molecule has 0 aromatic rings. The lowest BCUT2D eigenvalue weighted by Gasteiger charge is -2.20. The minimum absolute atomic E-state index is 0.211. The smallest absolute Gasteiger partial charge is 0.306 e. The molecule has 0 amide bonds. The van der Waals surface area contributed by atoms with Crippen molar-refractivity contribution in [3.63, 3.8) is 0 Å². The minimum Gasteiger partial charge on any atom is -0.457 e. The predicted octanol–water partition coefficient (Wildman–Crippen LogP) is 0.421. The first-order valence-electron chi connectivity index (χ1n) is 5.57. The molecule has 5 heteroatoms. The Labute approximate surface area is 95.4 Å². The Morgan fingerprint density at radius 3 is 2.19 bits per heavy atom. The topological polar surface area (TPSA) is 83.8 Å². The van der Waals surface area contributed by atoms with Crippen molar-refractivity contribution in [3.05, 3.63) is 0 Å². The maximum atomic E-state index is 11.3. The van der Waals surface area contributed by atoms with E-state index in [0.29, 0.717) is 12.8 Å². The summed E-state index contributed by atoms with van der Waals surface area (Å²) < 4.78 is 4.81. The number of rotatable bonds is 8. The molecule has 0 spiro atoms. The summed E-state index contributed by atoms with van der Waals surface area (Å²) in [7, 11) is 0. The van der Waals surface area contributed by atoms with Crippen molar-refractivity contribution in [2.24, 2.45) is 0 Å². The molecular formula is C11H20O5. The fraction of sp³-hybridized carbons (Fsp3) is 0.818. The van der Waals surface area contributed by atoms with Gasteiger partial charge in [-0.25, -0.2) is 0 Å². The van der Waals surface area contributed by atoms with E-state index in [2.05, 4.69) is 0 Å². The first-order valence-corrected chi connectivity index (χ1v) is 5.57. The average Bonchev–Trinajstić information content (AvgIpc) is 2.25. The SMILES string of the molecule is CCCC(=O)O[C@@H](CO)[C@H](O)C(=O)CCC. The van der Waals surface area contributed by atoms with E-state index in [1.165, 1.54) is 0 Å². The molecule has 0 saturated heterocycles. The highest BCUT2D eigenvalue weighted by Gasteiger charge is 2.27. The summed E-state index contributed by atoms with van der Waals surface area (Å²) in [6.45, 7) is 3.07. The van der Waals surface area contributed by atoms with E-state index in [1.807, 2.05) is 13.8 Å². The molecule has 0 aromatic heterocycles. The quantitative estimate of drug-likeness (QED) is 0.592. The summed E-state index contributed by atoms with van der Waals surface area (Å²) in [4.78, 5) is 22.5. The Bertz CT molecular complexity index is 226. The van der Waals surface area contributed by atoms with E-state index < -0.39 is 30.6 Å². The molecule has 94 valence electrons. The van der Waals surface area contributed by atoms with Crippen molar-refractivity contribution < 1.29 is 24.5 Å². The molecule has 0 rings (SSSR count). The van der Waals surface area contributed by atoms with E-state index >= 15 is 0 Å². The van der Waals surface area contributed by atoms with Crippen LogP contribution in [0.25, 0.3) is 0 Å². The third kappa shape index (κ3) is 5.23. The number of ether oxygens (including phenoxy) is 1. The molecule has 0 heterocycles. The fourth-order valence-electron chi connectivity index (χ4n) is 1.24. The van der Waals surface area contributed by atoms with Crippen LogP contribution in [0.5, 0.6) is 0 Å². The number of Topliss-reactive ketones (excluding diaryl/α,β-unsaturated/α-hetero) is 1. The van der Waals surface area contributed by atoms with Gasteiger partial charge in [0.1, 0.15) is 0 Å². The van der Waals surface area contributed by atoms with Crippen LogP contribution in [-0.2, 0) is 14.3 Å². The highest BCUT2D eigenvalue weighted by molar-refractivity contribution is 5.83. The molecule has 0 saturated carbocycles. The predicted molar refractivity (Wildman–Crippen MR) is 57.8 cm³/mol. The third-order valence-corrected chi connectivity index (χ3v) is 2.10. The van der Waals surface area contributed by atoms with Gasteiger partial charge in [-0.05, 0) is 12.8 Å². The van der Waals surface area contributed by atoms with Gasteiger partial charge in [0.05, 0.1) is 6.61 Å². The van der Waals surface area contributed by atoms with Gasteiger partial charge >= 0.3 is 5.97 Å². The van der Waals surface area contributed by atoms with Crippen molar-refractivity contribution in [2.75, 3.05) is 6.61 Å². The second kappa shape index (κ2) is 8.24. The Kier molecular flexibility index (Phi) is 7.76. The number of ketones is 1. The largest absolute Gasteiger partial charge is 0.457 e. The summed E-state index contributed by atoms with van der Waals surface area (Å²) in [5, 5.41) is 18.5. The monoisotopic (exact) mass is 232 g/mol. The summed E-state index contributed by atoms with van der Waals surface area (Å²) in [6, 6.07) is 0. The van der Waals surface area contributed by atoms with E-state index in [9.17, 15) is 14.7 Å². The van der Waals surface area contributed by atoms with E-state index in [-0.39, 0.29) is 12.8 Å². The zero-order valence-electron chi connectivity index (χ0n) is 9.81. The van der Waals surface area contributed by atoms with Crippen molar-refractivity contribution >= 4 is 11.8 Å². The minimum atomic E-state index is -1.43. The zero-order chi connectivity index (χ0) is 12.6. The number of esters is 1. The van der Waals surface area contributed by atoms with Crippen LogP contribution in [-0.4, -0.2) is 40.8 Å². The number of aliphatic hydroxyl groups excluding tert-OH is 2. The maximum absolute atomic E-state index is 11.3. The van der Waals surface area contributed by atoms with Crippen LogP contribution in [0.1, 0.15) is 39.5 Å². The molecule has 0 bridgehead atoms. The normalized spacial score (nSPS) is 14.2. The number of hydrogen-bond acceptors (Lipinski definition) is 5. The molecule has 0 aliphatic heterocycles. The number of carbonyl (C=O) groups excluding carboxylic acids is 2. The standard InChI is InChI=1S/C11H20O5/c1-3-5-8(13)11(15)9(7-12)16-10(14)6-4-2/h9,11-12,15H,3-7H2,1-2H3/t9-,11+/m0/s1. The summed E-state index contributed by atoms with van der Waals surface area (Å²) in [5.41, 5.74) is 0. The van der Waals surface area contributed by atoms with Crippen LogP contribution in [0.3, 0.4) is 0 Å². The fourth-order valence-corrected chi connectivity index (χ4v) is 1.24. The first kappa shape index (κ1) is 15.1. The van der Waals surface area contributed by atoms with E-state index in [1.54, 1.807) is 0 Å². The Hall–Kier alpha value is -0.940. The third-order valence-electron chi connectivity index (χ3n) is 2.10. The van der Waals surface area contributed by atoms with Gasteiger partial charge in [0.15, 0.2) is 18.0 Å². The van der Waals surface area contributed by atoms with Crippen LogP contribution in [0.4, 0.5) is 0 Å². The molecule has 0 radical (unpaired) electrons. The molecule has 2 atom stereocenters. The lowest BCUT2D eigenvalue weighted by atomic mass is 10.1. The van der Waals surface area contributed by atoms with Crippen molar-refractivity contribution in [1.29, 1.82) is 0 Å². The highest BCUT2D eigenvalue weighted by Crippen LogP contribution is 2.06.